The van der Waals surface area contributed by atoms with Gasteiger partial charge in [0.05, 0.1) is 5.69 Å². The molecule has 0 atom stereocenters. The molecule has 1 aliphatic heterocycles. The third-order valence-electron chi connectivity index (χ3n) is 2.02. The highest BCUT2D eigenvalue weighted by Crippen LogP contribution is 2.23. The Hall–Kier alpha value is -1.06. The van der Waals surface area contributed by atoms with Crippen LogP contribution in [0.2, 0.25) is 0 Å². The number of anilines is 1. The van der Waals surface area contributed by atoms with Gasteiger partial charge in [0.25, 0.3) is 0 Å². The average molecular weight is 164 g/mol. The van der Waals surface area contributed by atoms with Crippen LogP contribution < -0.4 is 11.2 Å². The molecule has 0 fully saturated rings. The summed E-state index contributed by atoms with van der Waals surface area (Å²) in [5.74, 6) is 0. The number of benzene rings is 1. The summed E-state index contributed by atoms with van der Waals surface area (Å²) in [7, 11) is 0. The standard InChI is InChI=1S/C9H12N2O/c10-4-3-7-1-2-8-6-12-11-9(8)5-7/h1-2,5,11H,3-4,6,10H2. The normalized spacial score (nSPS) is 14.1. The van der Waals surface area contributed by atoms with E-state index in [4.69, 9.17) is 10.6 Å². The van der Waals surface area contributed by atoms with E-state index in [1.807, 2.05) is 0 Å². The summed E-state index contributed by atoms with van der Waals surface area (Å²) >= 11 is 0. The van der Waals surface area contributed by atoms with E-state index in [-0.39, 0.29) is 0 Å². The third kappa shape index (κ3) is 1.29. The Bertz CT molecular complexity index is 286. The Morgan fingerprint density at radius 3 is 3.25 bits per heavy atom. The Morgan fingerprint density at radius 1 is 1.50 bits per heavy atom. The summed E-state index contributed by atoms with van der Waals surface area (Å²) in [4.78, 5) is 5.07. The highest BCUT2D eigenvalue weighted by atomic mass is 16.6. The molecule has 2 rings (SSSR count). The highest BCUT2D eigenvalue weighted by Gasteiger charge is 2.09. The van der Waals surface area contributed by atoms with Gasteiger partial charge in [-0.1, -0.05) is 12.1 Å². The first-order valence-corrected chi connectivity index (χ1v) is 4.10. The minimum atomic E-state index is 0.665. The SMILES string of the molecule is NCCc1ccc2c(c1)NOC2. The summed E-state index contributed by atoms with van der Waals surface area (Å²) in [5.41, 5.74) is 11.9. The number of fused-ring (bicyclic) bond motifs is 1. The van der Waals surface area contributed by atoms with Gasteiger partial charge in [-0.05, 0) is 24.6 Å². The molecule has 0 unspecified atom stereocenters. The fourth-order valence-electron chi connectivity index (χ4n) is 1.36. The minimum absolute atomic E-state index is 0.665. The van der Waals surface area contributed by atoms with E-state index in [1.54, 1.807) is 0 Å². The fraction of sp³-hybridized carbons (Fsp3) is 0.333. The van der Waals surface area contributed by atoms with Crippen molar-refractivity contribution in [2.24, 2.45) is 5.73 Å². The van der Waals surface area contributed by atoms with Crippen LogP contribution in [0.1, 0.15) is 11.1 Å². The minimum Gasteiger partial charge on any atom is -0.330 e. The monoisotopic (exact) mass is 164 g/mol. The van der Waals surface area contributed by atoms with Crippen molar-refractivity contribution in [3.63, 3.8) is 0 Å². The van der Waals surface area contributed by atoms with Gasteiger partial charge in [-0.2, -0.15) is 0 Å². The van der Waals surface area contributed by atoms with E-state index < -0.39 is 0 Å². The van der Waals surface area contributed by atoms with Gasteiger partial charge >= 0.3 is 0 Å². The molecular weight excluding hydrogens is 152 g/mol. The quantitative estimate of drug-likeness (QED) is 0.686. The molecule has 0 bridgehead atoms. The predicted molar refractivity (Wildman–Crippen MR) is 47.6 cm³/mol. The molecule has 0 aromatic heterocycles. The zero-order chi connectivity index (χ0) is 8.39. The molecule has 0 aliphatic carbocycles. The van der Waals surface area contributed by atoms with Crippen LogP contribution >= 0.6 is 0 Å². The van der Waals surface area contributed by atoms with Crippen molar-refractivity contribution in [1.82, 2.24) is 0 Å². The molecule has 0 saturated heterocycles. The lowest BCUT2D eigenvalue weighted by Crippen LogP contribution is -2.02. The zero-order valence-corrected chi connectivity index (χ0v) is 6.84. The molecule has 0 spiro atoms. The number of nitrogens with one attached hydrogen (secondary N) is 1. The van der Waals surface area contributed by atoms with Crippen LogP contribution in [0.25, 0.3) is 0 Å². The molecular formula is C9H12N2O. The van der Waals surface area contributed by atoms with Gasteiger partial charge in [0, 0.05) is 5.56 Å². The number of nitrogens with two attached hydrogens (primary N) is 1. The second-order valence-corrected chi connectivity index (χ2v) is 2.92. The Labute approximate surface area is 71.5 Å². The first-order valence-electron chi connectivity index (χ1n) is 4.10. The highest BCUT2D eigenvalue weighted by molar-refractivity contribution is 5.53. The Balaban J connectivity index is 2.26. The van der Waals surface area contributed by atoms with Gasteiger partial charge < -0.3 is 5.73 Å². The van der Waals surface area contributed by atoms with Gasteiger partial charge in [-0.15, -0.1) is 0 Å². The van der Waals surface area contributed by atoms with E-state index >= 15 is 0 Å². The number of hydrogen-bond acceptors (Lipinski definition) is 3. The van der Waals surface area contributed by atoms with Crippen molar-refractivity contribution < 1.29 is 4.84 Å². The first-order chi connectivity index (χ1) is 5.90. The molecule has 64 valence electrons. The number of hydrogen-bond donors (Lipinski definition) is 2. The van der Waals surface area contributed by atoms with E-state index in [0.717, 1.165) is 12.1 Å². The molecule has 0 saturated carbocycles. The Morgan fingerprint density at radius 2 is 2.42 bits per heavy atom. The van der Waals surface area contributed by atoms with Crippen molar-refractivity contribution in [2.45, 2.75) is 13.0 Å². The van der Waals surface area contributed by atoms with Gasteiger partial charge in [0.1, 0.15) is 6.61 Å². The molecule has 0 amide bonds. The third-order valence-corrected chi connectivity index (χ3v) is 2.02. The van der Waals surface area contributed by atoms with Crippen LogP contribution in [-0.4, -0.2) is 6.54 Å². The summed E-state index contributed by atoms with van der Waals surface area (Å²) in [5, 5.41) is 0. The molecule has 0 radical (unpaired) electrons. The van der Waals surface area contributed by atoms with E-state index in [1.165, 1.54) is 11.1 Å². The second-order valence-electron chi connectivity index (χ2n) is 2.92. The summed E-state index contributed by atoms with van der Waals surface area (Å²) in [6.45, 7) is 1.36. The van der Waals surface area contributed by atoms with Crippen LogP contribution in [0, 0.1) is 0 Å². The molecule has 1 aliphatic rings. The maximum atomic E-state index is 5.45. The molecule has 3 nitrogen and oxygen atoms in total. The van der Waals surface area contributed by atoms with E-state index in [0.29, 0.717) is 13.2 Å². The second kappa shape index (κ2) is 3.13. The lowest BCUT2D eigenvalue weighted by atomic mass is 10.1. The van der Waals surface area contributed by atoms with Gasteiger partial charge in [0.2, 0.25) is 0 Å². The van der Waals surface area contributed by atoms with E-state index in [9.17, 15) is 0 Å². The van der Waals surface area contributed by atoms with Crippen molar-refractivity contribution in [1.29, 1.82) is 0 Å². The predicted octanol–water partition coefficient (Wildman–Crippen LogP) is 1.04. The largest absolute Gasteiger partial charge is 0.330 e. The van der Waals surface area contributed by atoms with Gasteiger partial charge in [0.15, 0.2) is 0 Å². The molecule has 1 heterocycles. The van der Waals surface area contributed by atoms with Crippen LogP contribution in [0.4, 0.5) is 5.69 Å². The van der Waals surface area contributed by atoms with E-state index in [2.05, 4.69) is 23.7 Å². The smallest absolute Gasteiger partial charge is 0.102 e. The van der Waals surface area contributed by atoms with Crippen LogP contribution in [0.3, 0.4) is 0 Å². The Kier molecular flexibility index (Phi) is 1.98. The summed E-state index contributed by atoms with van der Waals surface area (Å²) in [6.07, 6.45) is 0.926. The summed E-state index contributed by atoms with van der Waals surface area (Å²) < 4.78 is 0. The van der Waals surface area contributed by atoms with Crippen molar-refractivity contribution in [3.05, 3.63) is 29.3 Å². The molecule has 12 heavy (non-hydrogen) atoms. The average Bonchev–Trinajstić information content (AvgIpc) is 2.51. The molecule has 3 heteroatoms. The zero-order valence-electron chi connectivity index (χ0n) is 6.84. The van der Waals surface area contributed by atoms with Gasteiger partial charge in [-0.3, -0.25) is 10.3 Å². The lowest BCUT2D eigenvalue weighted by Gasteiger charge is -2.01. The molecule has 3 N–H and O–H groups in total. The topological polar surface area (TPSA) is 47.3 Å². The van der Waals surface area contributed by atoms with Crippen LogP contribution in [0.15, 0.2) is 18.2 Å². The van der Waals surface area contributed by atoms with Crippen molar-refractivity contribution in [2.75, 3.05) is 12.0 Å². The van der Waals surface area contributed by atoms with Crippen LogP contribution in [0.5, 0.6) is 0 Å². The van der Waals surface area contributed by atoms with Crippen LogP contribution in [-0.2, 0) is 17.9 Å². The van der Waals surface area contributed by atoms with Crippen molar-refractivity contribution in [3.8, 4) is 0 Å². The lowest BCUT2D eigenvalue weighted by molar-refractivity contribution is 0.202. The molecule has 1 aromatic rings. The maximum absolute atomic E-state index is 5.45. The summed E-state index contributed by atoms with van der Waals surface area (Å²) in [6, 6.07) is 6.28. The maximum Gasteiger partial charge on any atom is 0.102 e. The molecule has 1 aromatic carbocycles. The van der Waals surface area contributed by atoms with Gasteiger partial charge in [-0.25, -0.2) is 0 Å². The van der Waals surface area contributed by atoms with Crippen molar-refractivity contribution >= 4 is 5.69 Å². The first kappa shape index (κ1) is 7.58. The fourth-order valence-corrected chi connectivity index (χ4v) is 1.36. The number of rotatable bonds is 2.